The van der Waals surface area contributed by atoms with Crippen molar-refractivity contribution in [3.63, 3.8) is 0 Å². The molecule has 1 aromatic heterocycles. The minimum atomic E-state index is -0.445. The molecule has 1 atom stereocenters. The van der Waals surface area contributed by atoms with Crippen molar-refractivity contribution >= 4 is 11.5 Å². The molecule has 0 aliphatic rings. The van der Waals surface area contributed by atoms with Crippen LogP contribution < -0.4 is 5.32 Å². The number of nitrogens with zero attached hydrogens (tertiary/aromatic N) is 3. The molecule has 1 heterocycles. The molecule has 0 aliphatic carbocycles. The van der Waals surface area contributed by atoms with Crippen LogP contribution in [0, 0.1) is 22.9 Å². The lowest BCUT2D eigenvalue weighted by Gasteiger charge is -2.19. The van der Waals surface area contributed by atoms with E-state index in [-0.39, 0.29) is 17.5 Å². The van der Waals surface area contributed by atoms with E-state index in [9.17, 15) is 14.5 Å². The van der Waals surface area contributed by atoms with Crippen LogP contribution in [0.1, 0.15) is 24.1 Å². The fourth-order valence-corrected chi connectivity index (χ4v) is 2.80. The largest absolute Gasteiger partial charge is 0.362 e. The van der Waals surface area contributed by atoms with Crippen LogP contribution in [0.25, 0.3) is 11.3 Å². The average Bonchev–Trinajstić information content (AvgIpc) is 2.62. The summed E-state index contributed by atoms with van der Waals surface area (Å²) in [7, 11) is 0. The predicted molar refractivity (Wildman–Crippen MR) is 97.3 cm³/mol. The zero-order valence-corrected chi connectivity index (χ0v) is 14.3. The molecule has 0 fully saturated rings. The van der Waals surface area contributed by atoms with Crippen molar-refractivity contribution in [2.24, 2.45) is 0 Å². The molecule has 0 spiro atoms. The van der Waals surface area contributed by atoms with Gasteiger partial charge in [-0.3, -0.25) is 15.1 Å². The van der Waals surface area contributed by atoms with Gasteiger partial charge in [-0.15, -0.1) is 0 Å². The Bertz CT molecular complexity index is 945. The molecule has 0 amide bonds. The lowest BCUT2D eigenvalue weighted by Crippen LogP contribution is -2.11. The van der Waals surface area contributed by atoms with Crippen LogP contribution in [0.2, 0.25) is 0 Å². The third-order valence-electron chi connectivity index (χ3n) is 4.10. The molecule has 0 saturated carbocycles. The van der Waals surface area contributed by atoms with Crippen LogP contribution in [0.4, 0.5) is 15.9 Å². The maximum atomic E-state index is 13.3. The minimum Gasteiger partial charge on any atom is -0.362 e. The van der Waals surface area contributed by atoms with Crippen LogP contribution in [0.3, 0.4) is 0 Å². The molecule has 1 N–H and O–H groups in total. The summed E-state index contributed by atoms with van der Waals surface area (Å²) >= 11 is 0. The van der Waals surface area contributed by atoms with Crippen LogP contribution >= 0.6 is 0 Å². The van der Waals surface area contributed by atoms with Gasteiger partial charge in [0.25, 0.3) is 5.69 Å². The van der Waals surface area contributed by atoms with Crippen molar-refractivity contribution in [2.75, 3.05) is 5.32 Å². The molecule has 6 nitrogen and oxygen atoms in total. The van der Waals surface area contributed by atoms with Crippen LogP contribution in [0.15, 0.2) is 54.9 Å². The number of nitro groups is 1. The van der Waals surface area contributed by atoms with Gasteiger partial charge in [0.2, 0.25) is 0 Å². The first kappa shape index (κ1) is 17.5. The monoisotopic (exact) mass is 352 g/mol. The third-order valence-corrected chi connectivity index (χ3v) is 4.10. The molecule has 0 unspecified atom stereocenters. The fourth-order valence-electron chi connectivity index (χ4n) is 2.80. The Balaban J connectivity index is 1.90. The number of nitrogens with one attached hydrogen (secondary N) is 1. The minimum absolute atomic E-state index is 0.0162. The van der Waals surface area contributed by atoms with Gasteiger partial charge in [0.1, 0.15) is 11.5 Å². The Kier molecular flexibility index (Phi) is 4.88. The summed E-state index contributed by atoms with van der Waals surface area (Å²) in [5.41, 5.74) is 3.11. The van der Waals surface area contributed by atoms with Crippen molar-refractivity contribution < 1.29 is 9.31 Å². The number of aryl methyl sites for hydroxylation is 1. The molecular weight excluding hydrogens is 335 g/mol. The second kappa shape index (κ2) is 7.26. The smallest absolute Gasteiger partial charge is 0.269 e. The summed E-state index contributed by atoms with van der Waals surface area (Å²) in [6.45, 7) is 3.80. The van der Waals surface area contributed by atoms with Crippen molar-refractivity contribution in [2.45, 2.75) is 19.9 Å². The number of non-ortho nitro benzene ring substituents is 1. The quantitative estimate of drug-likeness (QED) is 0.533. The first-order chi connectivity index (χ1) is 12.5. The summed E-state index contributed by atoms with van der Waals surface area (Å²) in [6.07, 6.45) is 3.14. The Morgan fingerprint density at radius 2 is 1.81 bits per heavy atom. The number of benzene rings is 2. The summed E-state index contributed by atoms with van der Waals surface area (Å²) in [5, 5.41) is 14.1. The van der Waals surface area contributed by atoms with Gasteiger partial charge >= 0.3 is 0 Å². The SMILES string of the molecule is Cc1cc(F)ccc1[C@H](C)Nc1nccnc1-c1ccc([N+](=O)[O-])cc1. The summed E-state index contributed by atoms with van der Waals surface area (Å²) < 4.78 is 13.3. The van der Waals surface area contributed by atoms with Gasteiger partial charge < -0.3 is 5.32 Å². The van der Waals surface area contributed by atoms with E-state index in [4.69, 9.17) is 0 Å². The fraction of sp³-hybridized carbons (Fsp3) is 0.158. The number of halogens is 1. The normalized spacial score (nSPS) is 11.8. The lowest BCUT2D eigenvalue weighted by atomic mass is 10.0. The Morgan fingerprint density at radius 3 is 2.46 bits per heavy atom. The topological polar surface area (TPSA) is 81.0 Å². The molecule has 0 saturated heterocycles. The number of hydrogen-bond acceptors (Lipinski definition) is 5. The molecule has 7 heteroatoms. The van der Waals surface area contributed by atoms with Gasteiger partial charge in [-0.05, 0) is 49.2 Å². The highest BCUT2D eigenvalue weighted by Crippen LogP contribution is 2.29. The van der Waals surface area contributed by atoms with E-state index in [1.807, 2.05) is 13.8 Å². The number of aromatic nitrogens is 2. The van der Waals surface area contributed by atoms with Crippen molar-refractivity contribution in [1.82, 2.24) is 9.97 Å². The van der Waals surface area contributed by atoms with Gasteiger partial charge in [0.15, 0.2) is 5.82 Å². The summed E-state index contributed by atoms with van der Waals surface area (Å²) in [5.74, 6) is 0.280. The summed E-state index contributed by atoms with van der Waals surface area (Å²) in [4.78, 5) is 19.1. The molecule has 132 valence electrons. The van der Waals surface area contributed by atoms with E-state index >= 15 is 0 Å². The molecule has 26 heavy (non-hydrogen) atoms. The molecule has 0 bridgehead atoms. The van der Waals surface area contributed by atoms with Crippen molar-refractivity contribution in [3.8, 4) is 11.3 Å². The van der Waals surface area contributed by atoms with E-state index in [1.54, 1.807) is 30.6 Å². The third kappa shape index (κ3) is 3.66. The summed E-state index contributed by atoms with van der Waals surface area (Å²) in [6, 6.07) is 10.7. The molecule has 0 radical (unpaired) electrons. The van der Waals surface area contributed by atoms with Gasteiger partial charge in [0, 0.05) is 30.1 Å². The first-order valence-corrected chi connectivity index (χ1v) is 8.04. The highest BCUT2D eigenvalue weighted by molar-refractivity contribution is 5.72. The number of hydrogen-bond donors (Lipinski definition) is 1. The van der Waals surface area contributed by atoms with Crippen LogP contribution in [-0.2, 0) is 0 Å². The standard InChI is InChI=1S/C19H17FN4O2/c1-12-11-15(20)5-8-17(12)13(2)23-19-18(21-9-10-22-19)14-3-6-16(7-4-14)24(25)26/h3-11,13H,1-2H3,(H,22,23)/t13-/m0/s1. The lowest BCUT2D eigenvalue weighted by molar-refractivity contribution is -0.384. The Labute approximate surface area is 149 Å². The second-order valence-corrected chi connectivity index (χ2v) is 5.92. The van der Waals surface area contributed by atoms with Gasteiger partial charge in [-0.25, -0.2) is 9.37 Å². The van der Waals surface area contributed by atoms with Crippen LogP contribution in [0.5, 0.6) is 0 Å². The van der Waals surface area contributed by atoms with Gasteiger partial charge in [-0.1, -0.05) is 6.07 Å². The number of rotatable bonds is 5. The van der Waals surface area contributed by atoms with E-state index in [0.29, 0.717) is 17.1 Å². The molecule has 3 rings (SSSR count). The first-order valence-electron chi connectivity index (χ1n) is 8.04. The maximum absolute atomic E-state index is 13.3. The molecule has 3 aromatic rings. The Morgan fingerprint density at radius 1 is 1.12 bits per heavy atom. The van der Waals surface area contributed by atoms with Gasteiger partial charge in [0.05, 0.1) is 11.0 Å². The zero-order chi connectivity index (χ0) is 18.7. The van der Waals surface area contributed by atoms with E-state index in [1.165, 1.54) is 24.3 Å². The predicted octanol–water partition coefficient (Wildman–Crippen LogP) is 4.67. The molecule has 0 aliphatic heterocycles. The maximum Gasteiger partial charge on any atom is 0.269 e. The number of anilines is 1. The van der Waals surface area contributed by atoms with Crippen LogP contribution in [-0.4, -0.2) is 14.9 Å². The second-order valence-electron chi connectivity index (χ2n) is 5.92. The number of nitro benzene ring substituents is 1. The molecule has 2 aromatic carbocycles. The highest BCUT2D eigenvalue weighted by atomic mass is 19.1. The van der Waals surface area contributed by atoms with Gasteiger partial charge in [-0.2, -0.15) is 0 Å². The van der Waals surface area contributed by atoms with E-state index < -0.39 is 4.92 Å². The van der Waals surface area contributed by atoms with Crippen molar-refractivity contribution in [3.05, 3.63) is 81.9 Å². The van der Waals surface area contributed by atoms with Crippen molar-refractivity contribution in [1.29, 1.82) is 0 Å². The Hall–Kier alpha value is -3.35. The van der Waals surface area contributed by atoms with E-state index in [2.05, 4.69) is 15.3 Å². The average molecular weight is 352 g/mol. The zero-order valence-electron chi connectivity index (χ0n) is 14.3. The highest BCUT2D eigenvalue weighted by Gasteiger charge is 2.15. The molecular formula is C19H17FN4O2. The van der Waals surface area contributed by atoms with E-state index in [0.717, 1.165) is 11.1 Å².